The number of ether oxygens (including phenoxy) is 1. The Morgan fingerprint density at radius 1 is 1.23 bits per heavy atom. The van der Waals surface area contributed by atoms with E-state index in [1.54, 1.807) is 36.3 Å². The van der Waals surface area contributed by atoms with Crippen molar-refractivity contribution >= 4 is 22.6 Å². The van der Waals surface area contributed by atoms with Gasteiger partial charge in [0, 0.05) is 42.1 Å². The van der Waals surface area contributed by atoms with Gasteiger partial charge in [-0.3, -0.25) is 14.6 Å². The molecule has 1 aliphatic rings. The molecule has 0 saturated heterocycles. The van der Waals surface area contributed by atoms with Crippen molar-refractivity contribution < 1.29 is 18.7 Å². The minimum Gasteiger partial charge on any atom is -0.381 e. The average molecular weight is 409 g/mol. The first kappa shape index (κ1) is 20.2. The lowest BCUT2D eigenvalue weighted by Gasteiger charge is -2.28. The number of hydrogen-bond donors (Lipinski definition) is 1. The summed E-state index contributed by atoms with van der Waals surface area (Å²) < 4.78 is 20.4. The zero-order valence-corrected chi connectivity index (χ0v) is 16.8. The van der Waals surface area contributed by atoms with Crippen LogP contribution in [-0.2, 0) is 16.1 Å². The predicted octanol–water partition coefficient (Wildman–Crippen LogP) is 3.48. The van der Waals surface area contributed by atoms with Gasteiger partial charge in [-0.25, -0.2) is 4.39 Å². The number of carbonyl (C=O) groups excluding carboxylic acids is 2. The van der Waals surface area contributed by atoms with Gasteiger partial charge in [0.25, 0.3) is 0 Å². The lowest BCUT2D eigenvalue weighted by Crippen LogP contribution is -2.41. The molecule has 0 radical (unpaired) electrons. The van der Waals surface area contributed by atoms with Crippen LogP contribution in [0, 0.1) is 5.82 Å². The number of methoxy groups -OCH3 is 1. The SMILES string of the molecule is CO[C@H]1CCC[C@@H](NC(=O)Cn2cc(C(=O)c3ccc(F)cc3)c3ccncc32)C1. The molecular formula is C23H24FN3O3. The van der Waals surface area contributed by atoms with Crippen LogP contribution in [0.2, 0.25) is 0 Å². The number of rotatable bonds is 6. The number of ketones is 1. The molecule has 1 N–H and O–H groups in total. The molecule has 1 aromatic carbocycles. The molecule has 1 amide bonds. The second kappa shape index (κ2) is 8.75. The smallest absolute Gasteiger partial charge is 0.240 e. The molecule has 2 atom stereocenters. The van der Waals surface area contributed by atoms with E-state index in [2.05, 4.69) is 10.3 Å². The number of nitrogens with one attached hydrogen (secondary N) is 1. The zero-order chi connectivity index (χ0) is 21.1. The molecule has 1 aliphatic carbocycles. The fourth-order valence-corrected chi connectivity index (χ4v) is 4.12. The topological polar surface area (TPSA) is 73.2 Å². The Morgan fingerprint density at radius 3 is 2.80 bits per heavy atom. The molecule has 2 aromatic heterocycles. The number of amides is 1. The Bertz CT molecular complexity index is 1060. The van der Waals surface area contributed by atoms with Gasteiger partial charge in [-0.15, -0.1) is 0 Å². The molecule has 1 fully saturated rings. The van der Waals surface area contributed by atoms with Crippen LogP contribution in [0.1, 0.15) is 41.6 Å². The summed E-state index contributed by atoms with van der Waals surface area (Å²) in [5, 5.41) is 3.80. The standard InChI is InChI=1S/C23H24FN3O3/c1-30-18-4-2-3-17(11-18)26-22(28)14-27-13-20(19-9-10-25-12-21(19)27)23(29)15-5-7-16(24)8-6-15/h5-10,12-13,17-18H,2-4,11,14H2,1H3,(H,26,28)/t17-,18+/m1/s1. The van der Waals surface area contributed by atoms with E-state index in [4.69, 9.17) is 4.74 Å². The monoisotopic (exact) mass is 409 g/mol. The highest BCUT2D eigenvalue weighted by Gasteiger charge is 2.24. The summed E-state index contributed by atoms with van der Waals surface area (Å²) in [6, 6.07) is 7.30. The number of halogens is 1. The molecule has 0 aliphatic heterocycles. The second-order valence-corrected chi connectivity index (χ2v) is 7.69. The summed E-state index contributed by atoms with van der Waals surface area (Å²) in [6.07, 6.45) is 8.91. The van der Waals surface area contributed by atoms with Crippen LogP contribution in [0.4, 0.5) is 4.39 Å². The van der Waals surface area contributed by atoms with Gasteiger partial charge in [0.1, 0.15) is 12.4 Å². The molecule has 7 heteroatoms. The Hall–Kier alpha value is -3.06. The highest BCUT2D eigenvalue weighted by Crippen LogP contribution is 2.24. The largest absolute Gasteiger partial charge is 0.381 e. The first-order valence-electron chi connectivity index (χ1n) is 10.1. The first-order valence-corrected chi connectivity index (χ1v) is 10.1. The van der Waals surface area contributed by atoms with Gasteiger partial charge in [-0.05, 0) is 56.0 Å². The fraction of sp³-hybridized carbons (Fsp3) is 0.348. The van der Waals surface area contributed by atoms with Crippen molar-refractivity contribution in [3.05, 3.63) is 65.9 Å². The number of hydrogen-bond acceptors (Lipinski definition) is 4. The van der Waals surface area contributed by atoms with Gasteiger partial charge in [0.05, 0.1) is 17.8 Å². The number of nitrogens with zero attached hydrogens (tertiary/aromatic N) is 2. The third-order valence-electron chi connectivity index (χ3n) is 5.67. The van der Waals surface area contributed by atoms with E-state index in [0.29, 0.717) is 22.0 Å². The fourth-order valence-electron chi connectivity index (χ4n) is 4.12. The molecule has 4 rings (SSSR count). The van der Waals surface area contributed by atoms with Gasteiger partial charge in [0.15, 0.2) is 5.78 Å². The van der Waals surface area contributed by atoms with E-state index < -0.39 is 5.82 Å². The van der Waals surface area contributed by atoms with E-state index in [1.165, 1.54) is 24.3 Å². The molecule has 3 aromatic rings. The van der Waals surface area contributed by atoms with E-state index in [1.807, 2.05) is 0 Å². The van der Waals surface area contributed by atoms with Crippen LogP contribution >= 0.6 is 0 Å². The zero-order valence-electron chi connectivity index (χ0n) is 16.8. The van der Waals surface area contributed by atoms with Crippen molar-refractivity contribution in [2.24, 2.45) is 0 Å². The van der Waals surface area contributed by atoms with Crippen molar-refractivity contribution in [2.45, 2.75) is 44.4 Å². The molecule has 0 unspecified atom stereocenters. The molecule has 0 bridgehead atoms. The molecule has 30 heavy (non-hydrogen) atoms. The lowest BCUT2D eigenvalue weighted by molar-refractivity contribution is -0.122. The van der Waals surface area contributed by atoms with Crippen LogP contribution in [0.5, 0.6) is 0 Å². The van der Waals surface area contributed by atoms with E-state index in [9.17, 15) is 14.0 Å². The lowest BCUT2D eigenvalue weighted by atomic mass is 9.93. The summed E-state index contributed by atoms with van der Waals surface area (Å²) in [5.41, 5.74) is 1.56. The quantitative estimate of drug-likeness (QED) is 0.633. The third kappa shape index (κ3) is 4.26. The highest BCUT2D eigenvalue weighted by atomic mass is 19.1. The molecule has 156 valence electrons. The number of pyridine rings is 1. The van der Waals surface area contributed by atoms with Crippen molar-refractivity contribution in [2.75, 3.05) is 7.11 Å². The van der Waals surface area contributed by atoms with E-state index in [-0.39, 0.29) is 30.4 Å². The Labute approximate surface area is 174 Å². The molecule has 2 heterocycles. The maximum atomic E-state index is 13.2. The number of benzene rings is 1. The number of fused-ring (bicyclic) bond motifs is 1. The van der Waals surface area contributed by atoms with Gasteiger partial charge in [-0.1, -0.05) is 0 Å². The molecular weight excluding hydrogens is 385 g/mol. The summed E-state index contributed by atoms with van der Waals surface area (Å²) in [4.78, 5) is 29.8. The van der Waals surface area contributed by atoms with Gasteiger partial charge < -0.3 is 14.6 Å². The van der Waals surface area contributed by atoms with Crippen molar-refractivity contribution in [3.63, 3.8) is 0 Å². The number of aromatic nitrogens is 2. The Morgan fingerprint density at radius 2 is 2.03 bits per heavy atom. The maximum Gasteiger partial charge on any atom is 0.240 e. The van der Waals surface area contributed by atoms with Crippen LogP contribution < -0.4 is 5.32 Å². The summed E-state index contributed by atoms with van der Waals surface area (Å²) in [7, 11) is 1.70. The van der Waals surface area contributed by atoms with Crippen LogP contribution in [0.25, 0.3) is 10.9 Å². The minimum atomic E-state index is -0.395. The second-order valence-electron chi connectivity index (χ2n) is 7.69. The van der Waals surface area contributed by atoms with Crippen LogP contribution in [0.3, 0.4) is 0 Å². The highest BCUT2D eigenvalue weighted by molar-refractivity contribution is 6.16. The molecule has 6 nitrogen and oxygen atoms in total. The van der Waals surface area contributed by atoms with Gasteiger partial charge in [-0.2, -0.15) is 0 Å². The predicted molar refractivity (Wildman–Crippen MR) is 111 cm³/mol. The first-order chi connectivity index (χ1) is 14.5. The Kier molecular flexibility index (Phi) is 5.90. The minimum absolute atomic E-state index is 0.0903. The Balaban J connectivity index is 1.55. The third-order valence-corrected chi connectivity index (χ3v) is 5.67. The summed E-state index contributed by atoms with van der Waals surface area (Å²) in [5.74, 6) is -0.730. The molecule has 1 saturated carbocycles. The van der Waals surface area contributed by atoms with Crippen molar-refractivity contribution in [1.29, 1.82) is 0 Å². The van der Waals surface area contributed by atoms with E-state index in [0.717, 1.165) is 25.7 Å². The van der Waals surface area contributed by atoms with E-state index >= 15 is 0 Å². The van der Waals surface area contributed by atoms with Gasteiger partial charge in [0.2, 0.25) is 5.91 Å². The van der Waals surface area contributed by atoms with Crippen LogP contribution in [-0.4, -0.2) is 40.5 Å². The number of carbonyl (C=O) groups is 2. The van der Waals surface area contributed by atoms with Crippen molar-refractivity contribution in [3.8, 4) is 0 Å². The summed E-state index contributed by atoms with van der Waals surface area (Å²) >= 11 is 0. The van der Waals surface area contributed by atoms with Crippen LogP contribution in [0.15, 0.2) is 48.9 Å². The van der Waals surface area contributed by atoms with Gasteiger partial charge >= 0.3 is 0 Å². The van der Waals surface area contributed by atoms with Crippen molar-refractivity contribution in [1.82, 2.24) is 14.9 Å². The summed E-state index contributed by atoms with van der Waals surface area (Å²) in [6.45, 7) is 0.0903. The normalized spacial score (nSPS) is 19.0. The average Bonchev–Trinajstić information content (AvgIpc) is 3.12. The maximum absolute atomic E-state index is 13.2. The molecule has 0 spiro atoms.